The van der Waals surface area contributed by atoms with Gasteiger partial charge >= 0.3 is 0 Å². The topological polar surface area (TPSA) is 47.6 Å². The van der Waals surface area contributed by atoms with Gasteiger partial charge in [-0.3, -0.25) is 14.6 Å². The third-order valence-corrected chi connectivity index (χ3v) is 5.14. The third kappa shape index (κ3) is 6.46. The summed E-state index contributed by atoms with van der Waals surface area (Å²) in [5.41, 5.74) is 1.92. The number of hydrogen-bond donors (Lipinski definition) is 3. The molecule has 8 heteroatoms. The van der Waals surface area contributed by atoms with Gasteiger partial charge in [-0.1, -0.05) is 29.9 Å². The number of carbonyl (C=O) groups excluding carboxylic acids is 1. The molecule has 0 aromatic heterocycles. The summed E-state index contributed by atoms with van der Waals surface area (Å²) in [5.74, 6) is -0.207. The Hall–Kier alpha value is -1.64. The molecule has 2 aromatic carbocycles. The van der Waals surface area contributed by atoms with Crippen molar-refractivity contribution in [2.24, 2.45) is 0 Å². The monoisotopic (exact) mass is 434 g/mol. The summed E-state index contributed by atoms with van der Waals surface area (Å²) in [6.07, 6.45) is 0. The standard InChI is InChI=1S/C14H11ClN2OS2.C6H12N2/c15-10-4-6-11(7-5-10)16-13(18)9-2-1-3-12(8-9)17-14(19)20;1-2-8-5-3-7(1)4-6-8/h1-8H,(H,16,18)(H2,17,19,20);1-6H2. The van der Waals surface area contributed by atoms with Crippen LogP contribution in [0, 0.1) is 0 Å². The first-order chi connectivity index (χ1) is 13.5. The number of amides is 1. The van der Waals surface area contributed by atoms with Crippen LogP contribution in [0.4, 0.5) is 11.4 Å². The molecule has 3 heterocycles. The van der Waals surface area contributed by atoms with Crippen LogP contribution >= 0.6 is 36.4 Å². The first-order valence-electron chi connectivity index (χ1n) is 9.11. The fourth-order valence-electron chi connectivity index (χ4n) is 3.12. The number of thiol groups is 1. The summed E-state index contributed by atoms with van der Waals surface area (Å²) in [7, 11) is 0. The molecule has 0 aliphatic carbocycles. The van der Waals surface area contributed by atoms with Crippen molar-refractivity contribution in [3.05, 3.63) is 59.1 Å². The molecule has 5 nitrogen and oxygen atoms in total. The van der Waals surface area contributed by atoms with Crippen molar-refractivity contribution >= 4 is 58.1 Å². The summed E-state index contributed by atoms with van der Waals surface area (Å²) in [6.45, 7) is 7.92. The number of piperazine rings is 3. The molecule has 28 heavy (non-hydrogen) atoms. The molecule has 0 unspecified atom stereocenters. The smallest absolute Gasteiger partial charge is 0.255 e. The Labute approximate surface area is 181 Å². The Balaban J connectivity index is 0.000000231. The molecule has 3 saturated heterocycles. The molecule has 3 fully saturated rings. The maximum absolute atomic E-state index is 12.1. The number of halogens is 1. The van der Waals surface area contributed by atoms with Crippen molar-refractivity contribution in [3.8, 4) is 0 Å². The highest BCUT2D eigenvalue weighted by molar-refractivity contribution is 8.11. The normalized spacial score (nSPS) is 19.9. The lowest BCUT2D eigenvalue weighted by Crippen LogP contribution is -2.55. The van der Waals surface area contributed by atoms with E-state index in [0.717, 1.165) is 0 Å². The number of nitrogens with zero attached hydrogens (tertiary/aromatic N) is 2. The highest BCUT2D eigenvalue weighted by atomic mass is 35.5. The van der Waals surface area contributed by atoms with Crippen LogP contribution in [-0.4, -0.2) is 59.3 Å². The average molecular weight is 435 g/mol. The van der Waals surface area contributed by atoms with Crippen LogP contribution in [0.25, 0.3) is 0 Å². The molecule has 2 aromatic rings. The van der Waals surface area contributed by atoms with Crippen molar-refractivity contribution in [2.45, 2.75) is 0 Å². The van der Waals surface area contributed by atoms with E-state index in [1.807, 2.05) is 6.07 Å². The molecular formula is C20H23ClN4OS2. The van der Waals surface area contributed by atoms with E-state index in [1.165, 1.54) is 39.3 Å². The van der Waals surface area contributed by atoms with Crippen LogP contribution in [0.3, 0.4) is 0 Å². The Kier molecular flexibility index (Phi) is 7.70. The van der Waals surface area contributed by atoms with E-state index in [9.17, 15) is 4.79 Å². The maximum Gasteiger partial charge on any atom is 0.255 e. The number of benzene rings is 2. The first kappa shape index (κ1) is 21.1. The Morgan fingerprint density at radius 3 is 1.96 bits per heavy atom. The van der Waals surface area contributed by atoms with Crippen molar-refractivity contribution in [1.82, 2.24) is 9.80 Å². The largest absolute Gasteiger partial charge is 0.341 e. The minimum atomic E-state index is -0.207. The van der Waals surface area contributed by atoms with Crippen LogP contribution in [0.2, 0.25) is 5.02 Å². The Morgan fingerprint density at radius 2 is 1.46 bits per heavy atom. The second kappa shape index (κ2) is 10.2. The lowest BCUT2D eigenvalue weighted by molar-refractivity contribution is 0.0647. The van der Waals surface area contributed by atoms with Crippen LogP contribution < -0.4 is 10.6 Å². The number of hydrogen-bond acceptors (Lipinski definition) is 4. The van der Waals surface area contributed by atoms with Gasteiger partial charge in [0.25, 0.3) is 5.91 Å². The quantitative estimate of drug-likeness (QED) is 0.506. The number of thiocarbonyl (C=S) groups is 1. The summed E-state index contributed by atoms with van der Waals surface area (Å²) in [6, 6.07) is 13.9. The lowest BCUT2D eigenvalue weighted by Gasteiger charge is -2.41. The highest BCUT2D eigenvalue weighted by Gasteiger charge is 2.21. The van der Waals surface area contributed by atoms with E-state index in [2.05, 4.69) is 33.1 Å². The van der Waals surface area contributed by atoms with E-state index in [-0.39, 0.29) is 5.91 Å². The van der Waals surface area contributed by atoms with Crippen LogP contribution in [0.5, 0.6) is 0 Å². The maximum atomic E-state index is 12.1. The second-order valence-corrected chi connectivity index (χ2v) is 8.25. The summed E-state index contributed by atoms with van der Waals surface area (Å²) in [4.78, 5) is 17.2. The van der Waals surface area contributed by atoms with Crippen LogP contribution in [0.1, 0.15) is 10.4 Å². The zero-order valence-corrected chi connectivity index (χ0v) is 17.9. The fraction of sp³-hybridized carbons (Fsp3) is 0.300. The number of anilines is 2. The average Bonchev–Trinajstić information content (AvgIpc) is 2.71. The molecular weight excluding hydrogens is 412 g/mol. The zero-order chi connectivity index (χ0) is 19.9. The molecule has 0 spiro atoms. The van der Waals surface area contributed by atoms with E-state index in [0.29, 0.717) is 26.3 Å². The van der Waals surface area contributed by atoms with Gasteiger partial charge < -0.3 is 10.6 Å². The molecule has 3 aliphatic heterocycles. The summed E-state index contributed by atoms with van der Waals surface area (Å²) < 4.78 is 0.347. The SMILES string of the molecule is C1CN2CCN1CC2.O=C(Nc1ccc(Cl)cc1)c1cccc(NC(=S)S)c1. The molecule has 3 aliphatic rings. The number of nitrogens with one attached hydrogen (secondary N) is 2. The van der Waals surface area contributed by atoms with Crippen molar-refractivity contribution in [2.75, 3.05) is 49.9 Å². The van der Waals surface area contributed by atoms with Gasteiger partial charge in [0.2, 0.25) is 0 Å². The number of carbonyl (C=O) groups is 1. The van der Waals surface area contributed by atoms with Gasteiger partial charge in [-0.2, -0.15) is 0 Å². The Bertz CT molecular complexity index is 800. The van der Waals surface area contributed by atoms with Crippen molar-refractivity contribution in [3.63, 3.8) is 0 Å². The molecule has 1 amide bonds. The summed E-state index contributed by atoms with van der Waals surface area (Å²) in [5, 5.41) is 6.28. The van der Waals surface area contributed by atoms with E-state index >= 15 is 0 Å². The van der Waals surface area contributed by atoms with Crippen molar-refractivity contribution in [1.29, 1.82) is 0 Å². The number of rotatable bonds is 3. The molecule has 0 radical (unpaired) electrons. The molecule has 5 rings (SSSR count). The minimum absolute atomic E-state index is 0.207. The lowest BCUT2D eigenvalue weighted by atomic mass is 10.2. The molecule has 0 atom stereocenters. The predicted octanol–water partition coefficient (Wildman–Crippen LogP) is 3.84. The van der Waals surface area contributed by atoms with Gasteiger partial charge in [-0.25, -0.2) is 0 Å². The highest BCUT2D eigenvalue weighted by Crippen LogP contribution is 2.16. The third-order valence-electron chi connectivity index (χ3n) is 4.68. The van der Waals surface area contributed by atoms with Gasteiger partial charge in [0.05, 0.1) is 0 Å². The van der Waals surface area contributed by atoms with E-state index in [1.54, 1.807) is 42.5 Å². The van der Waals surface area contributed by atoms with Crippen molar-refractivity contribution < 1.29 is 4.79 Å². The van der Waals surface area contributed by atoms with Gasteiger partial charge in [0.15, 0.2) is 0 Å². The van der Waals surface area contributed by atoms with Gasteiger partial charge in [0, 0.05) is 61.2 Å². The number of fused-ring (bicyclic) bond motifs is 3. The van der Waals surface area contributed by atoms with Crippen LogP contribution in [0.15, 0.2) is 48.5 Å². The molecule has 2 bridgehead atoms. The predicted molar refractivity (Wildman–Crippen MR) is 124 cm³/mol. The fourth-order valence-corrected chi connectivity index (χ4v) is 3.49. The second-order valence-electron chi connectivity index (χ2n) is 6.66. The Morgan fingerprint density at radius 1 is 0.893 bits per heavy atom. The summed E-state index contributed by atoms with van der Waals surface area (Å²) >= 11 is 14.6. The first-order valence-corrected chi connectivity index (χ1v) is 10.3. The van der Waals surface area contributed by atoms with E-state index < -0.39 is 0 Å². The van der Waals surface area contributed by atoms with Gasteiger partial charge in [-0.05, 0) is 42.5 Å². The molecule has 0 saturated carbocycles. The van der Waals surface area contributed by atoms with Gasteiger partial charge in [0.1, 0.15) is 4.32 Å². The molecule has 2 N–H and O–H groups in total. The minimum Gasteiger partial charge on any atom is -0.341 e. The van der Waals surface area contributed by atoms with Gasteiger partial charge in [-0.15, -0.1) is 12.6 Å². The molecule has 148 valence electrons. The zero-order valence-electron chi connectivity index (χ0n) is 15.4. The van der Waals surface area contributed by atoms with E-state index in [4.69, 9.17) is 23.8 Å². The van der Waals surface area contributed by atoms with Crippen LogP contribution in [-0.2, 0) is 0 Å².